The summed E-state index contributed by atoms with van der Waals surface area (Å²) in [5, 5.41) is 2.96. The third kappa shape index (κ3) is 5.86. The fraction of sp³-hybridized carbons (Fsp3) is 0.550. The van der Waals surface area contributed by atoms with E-state index in [1.165, 1.54) is 0 Å². The van der Waals surface area contributed by atoms with Crippen molar-refractivity contribution in [3.05, 3.63) is 35.7 Å². The molecule has 2 atom stereocenters. The number of aromatic nitrogens is 1. The Hall–Kier alpha value is -2.37. The van der Waals surface area contributed by atoms with Crippen molar-refractivity contribution in [2.24, 2.45) is 5.92 Å². The third-order valence-corrected chi connectivity index (χ3v) is 4.11. The average Bonchev–Trinajstić information content (AvgIpc) is 2.98. The number of nitrogens with zero attached hydrogens (tertiary/aromatic N) is 1. The molecule has 6 heteroatoms. The van der Waals surface area contributed by atoms with Gasteiger partial charge in [0.15, 0.2) is 0 Å². The molecule has 1 aliphatic carbocycles. The summed E-state index contributed by atoms with van der Waals surface area (Å²) in [6.45, 7) is 7.63. The Balaban J connectivity index is 2.05. The lowest BCUT2D eigenvalue weighted by atomic mass is 10.0. The SMILES string of the molecule is CCOC(=O)c1cccnc1/C=C/[C@@H]1CCC[C@@H]1NC(=O)OC(C)(C)C. The Morgan fingerprint density at radius 1 is 1.35 bits per heavy atom. The molecule has 0 unspecified atom stereocenters. The first-order valence-electron chi connectivity index (χ1n) is 9.10. The van der Waals surface area contributed by atoms with Crippen LogP contribution in [0, 0.1) is 5.92 Å². The molecule has 1 saturated carbocycles. The van der Waals surface area contributed by atoms with Crippen molar-refractivity contribution in [2.45, 2.75) is 58.6 Å². The highest BCUT2D eigenvalue weighted by Gasteiger charge is 2.28. The van der Waals surface area contributed by atoms with E-state index in [2.05, 4.69) is 10.3 Å². The maximum Gasteiger partial charge on any atom is 0.407 e. The van der Waals surface area contributed by atoms with Crippen molar-refractivity contribution in [3.8, 4) is 0 Å². The molecule has 0 aromatic carbocycles. The topological polar surface area (TPSA) is 77.5 Å². The Bertz CT molecular complexity index is 664. The Morgan fingerprint density at radius 2 is 2.12 bits per heavy atom. The molecule has 6 nitrogen and oxygen atoms in total. The molecule has 0 aliphatic heterocycles. The molecule has 142 valence electrons. The maximum absolute atomic E-state index is 12.0. The smallest absolute Gasteiger partial charge is 0.407 e. The third-order valence-electron chi connectivity index (χ3n) is 4.11. The second-order valence-electron chi connectivity index (χ2n) is 7.36. The summed E-state index contributed by atoms with van der Waals surface area (Å²) in [7, 11) is 0. The van der Waals surface area contributed by atoms with E-state index in [0.29, 0.717) is 17.9 Å². The zero-order valence-corrected chi connectivity index (χ0v) is 16.0. The predicted octanol–water partition coefficient (Wildman–Crippen LogP) is 3.96. The van der Waals surface area contributed by atoms with Crippen molar-refractivity contribution >= 4 is 18.1 Å². The Labute approximate surface area is 155 Å². The predicted molar refractivity (Wildman–Crippen MR) is 99.7 cm³/mol. The van der Waals surface area contributed by atoms with Crippen LogP contribution in [0.15, 0.2) is 24.4 Å². The van der Waals surface area contributed by atoms with Gasteiger partial charge in [-0.05, 0) is 64.7 Å². The van der Waals surface area contributed by atoms with Gasteiger partial charge in [0.05, 0.1) is 17.9 Å². The van der Waals surface area contributed by atoms with Crippen molar-refractivity contribution in [3.63, 3.8) is 0 Å². The van der Waals surface area contributed by atoms with E-state index >= 15 is 0 Å². The van der Waals surface area contributed by atoms with Crippen LogP contribution < -0.4 is 5.32 Å². The van der Waals surface area contributed by atoms with Crippen molar-refractivity contribution in [2.75, 3.05) is 6.61 Å². The lowest BCUT2D eigenvalue weighted by Crippen LogP contribution is -2.40. The van der Waals surface area contributed by atoms with E-state index in [1.807, 2.05) is 32.9 Å². The molecule has 1 amide bonds. The van der Waals surface area contributed by atoms with Crippen LogP contribution in [0.1, 0.15) is 63.0 Å². The average molecular weight is 360 g/mol. The van der Waals surface area contributed by atoms with Gasteiger partial charge in [-0.3, -0.25) is 4.98 Å². The van der Waals surface area contributed by atoms with Crippen molar-refractivity contribution in [1.82, 2.24) is 10.3 Å². The molecular formula is C20H28N2O4. The van der Waals surface area contributed by atoms with Crippen molar-refractivity contribution < 1.29 is 19.1 Å². The first-order valence-corrected chi connectivity index (χ1v) is 9.10. The summed E-state index contributed by atoms with van der Waals surface area (Å²) in [5.41, 5.74) is 0.505. The van der Waals surface area contributed by atoms with Crippen molar-refractivity contribution in [1.29, 1.82) is 0 Å². The van der Waals surface area contributed by atoms with Gasteiger partial charge in [-0.25, -0.2) is 9.59 Å². The zero-order valence-electron chi connectivity index (χ0n) is 16.0. The molecule has 0 saturated heterocycles. The van der Waals surface area contributed by atoms with Crippen LogP contribution in [0.2, 0.25) is 0 Å². The van der Waals surface area contributed by atoms with Gasteiger partial charge >= 0.3 is 12.1 Å². The molecule has 0 radical (unpaired) electrons. The van der Waals surface area contributed by atoms with Crippen LogP contribution in [0.5, 0.6) is 0 Å². The maximum atomic E-state index is 12.0. The number of carbonyl (C=O) groups excluding carboxylic acids is 2. The number of nitrogens with one attached hydrogen (secondary N) is 1. The van der Waals surface area contributed by atoms with E-state index in [-0.39, 0.29) is 17.9 Å². The van der Waals surface area contributed by atoms with Gasteiger partial charge in [-0.15, -0.1) is 0 Å². The van der Waals surface area contributed by atoms with Crippen LogP contribution in [-0.2, 0) is 9.47 Å². The molecular weight excluding hydrogens is 332 g/mol. The summed E-state index contributed by atoms with van der Waals surface area (Å²) >= 11 is 0. The highest BCUT2D eigenvalue weighted by atomic mass is 16.6. The van der Waals surface area contributed by atoms with E-state index in [0.717, 1.165) is 19.3 Å². The number of rotatable bonds is 5. The Morgan fingerprint density at radius 3 is 2.81 bits per heavy atom. The van der Waals surface area contributed by atoms with Gasteiger partial charge in [0.2, 0.25) is 0 Å². The first-order chi connectivity index (χ1) is 12.3. The van der Waals surface area contributed by atoms with E-state index in [4.69, 9.17) is 9.47 Å². The summed E-state index contributed by atoms with van der Waals surface area (Å²) in [5.74, 6) is -0.199. The quantitative estimate of drug-likeness (QED) is 0.804. The largest absolute Gasteiger partial charge is 0.462 e. The molecule has 2 rings (SSSR count). The van der Waals surface area contributed by atoms with Crippen LogP contribution in [0.3, 0.4) is 0 Å². The zero-order chi connectivity index (χ0) is 19.2. The highest BCUT2D eigenvalue weighted by Crippen LogP contribution is 2.28. The van der Waals surface area contributed by atoms with Gasteiger partial charge in [0, 0.05) is 12.2 Å². The number of pyridine rings is 1. The van der Waals surface area contributed by atoms with Gasteiger partial charge in [0.1, 0.15) is 5.60 Å². The van der Waals surface area contributed by atoms with Gasteiger partial charge in [-0.1, -0.05) is 12.5 Å². The second kappa shape index (κ2) is 8.83. The summed E-state index contributed by atoms with van der Waals surface area (Å²) < 4.78 is 10.4. The van der Waals surface area contributed by atoms with E-state index in [1.54, 1.807) is 25.3 Å². The first kappa shape index (κ1) is 19.9. The molecule has 0 bridgehead atoms. The molecule has 1 fully saturated rings. The highest BCUT2D eigenvalue weighted by molar-refractivity contribution is 5.92. The molecule has 1 aromatic heterocycles. The number of amides is 1. The number of ether oxygens (including phenoxy) is 2. The lowest BCUT2D eigenvalue weighted by Gasteiger charge is -2.23. The van der Waals surface area contributed by atoms with Gasteiger partial charge in [-0.2, -0.15) is 0 Å². The fourth-order valence-electron chi connectivity index (χ4n) is 3.00. The fourth-order valence-corrected chi connectivity index (χ4v) is 3.00. The van der Waals surface area contributed by atoms with Crippen LogP contribution >= 0.6 is 0 Å². The minimum absolute atomic E-state index is 0.0239. The van der Waals surface area contributed by atoms with Gasteiger partial charge < -0.3 is 14.8 Å². The minimum Gasteiger partial charge on any atom is -0.462 e. The molecule has 1 aliphatic rings. The molecule has 0 spiro atoms. The normalized spacial score (nSPS) is 20.2. The molecule has 1 N–H and O–H groups in total. The number of hydrogen-bond acceptors (Lipinski definition) is 5. The summed E-state index contributed by atoms with van der Waals surface area (Å²) in [4.78, 5) is 28.3. The number of carbonyl (C=O) groups is 2. The Kier molecular flexibility index (Phi) is 6.77. The number of hydrogen-bond donors (Lipinski definition) is 1. The van der Waals surface area contributed by atoms with Crippen LogP contribution in [0.25, 0.3) is 6.08 Å². The van der Waals surface area contributed by atoms with E-state index < -0.39 is 11.7 Å². The summed E-state index contributed by atoms with van der Waals surface area (Å²) in [6, 6.07) is 3.44. The number of esters is 1. The standard InChI is InChI=1S/C20H28N2O4/c1-5-25-18(23)15-9-7-13-21-17(15)12-11-14-8-6-10-16(14)22-19(24)26-20(2,3)4/h7,9,11-14,16H,5-6,8,10H2,1-4H3,(H,22,24)/b12-11+/t14-,16-/m0/s1. The minimum atomic E-state index is -0.517. The lowest BCUT2D eigenvalue weighted by molar-refractivity contribution is 0.0495. The van der Waals surface area contributed by atoms with Gasteiger partial charge in [0.25, 0.3) is 0 Å². The number of alkyl carbamates (subject to hydrolysis) is 1. The van der Waals surface area contributed by atoms with E-state index in [9.17, 15) is 9.59 Å². The molecule has 1 aromatic rings. The van der Waals surface area contributed by atoms with Crippen LogP contribution in [-0.4, -0.2) is 35.3 Å². The van der Waals surface area contributed by atoms with Crippen LogP contribution in [0.4, 0.5) is 4.79 Å². The monoisotopic (exact) mass is 360 g/mol. The summed E-state index contributed by atoms with van der Waals surface area (Å²) in [6.07, 6.45) is 8.01. The molecule has 1 heterocycles. The second-order valence-corrected chi connectivity index (χ2v) is 7.36. The molecule has 26 heavy (non-hydrogen) atoms.